The van der Waals surface area contributed by atoms with Crippen LogP contribution < -0.4 is 5.32 Å². The summed E-state index contributed by atoms with van der Waals surface area (Å²) < 4.78 is 0. The van der Waals surface area contributed by atoms with E-state index in [1.54, 1.807) is 11.8 Å². The van der Waals surface area contributed by atoms with E-state index >= 15 is 0 Å². The lowest BCUT2D eigenvalue weighted by atomic mass is 10.2. The minimum Gasteiger partial charge on any atom is -0.325 e. The topological polar surface area (TPSA) is 35.6 Å². The van der Waals surface area contributed by atoms with Crippen molar-refractivity contribution in [2.75, 3.05) is 50.8 Å². The Balaban J connectivity index is 1.76. The number of rotatable bonds is 6. The molecule has 1 N–H and O–H groups in total. The number of carbonyl (C=O) groups is 1. The van der Waals surface area contributed by atoms with E-state index in [2.05, 4.69) is 29.0 Å². The second-order valence-electron chi connectivity index (χ2n) is 6.25. The highest BCUT2D eigenvalue weighted by atomic mass is 32.2. The summed E-state index contributed by atoms with van der Waals surface area (Å²) in [5.74, 6) is 0.786. The fourth-order valence-corrected chi connectivity index (χ4v) is 3.21. The molecule has 0 aliphatic carbocycles. The molecular weight excluding hydrogens is 294 g/mol. The van der Waals surface area contributed by atoms with Crippen LogP contribution in [0.1, 0.15) is 13.8 Å². The molecule has 1 aliphatic heterocycles. The third-order valence-corrected chi connectivity index (χ3v) is 4.53. The second kappa shape index (κ2) is 8.56. The largest absolute Gasteiger partial charge is 0.325 e. The summed E-state index contributed by atoms with van der Waals surface area (Å²) >= 11 is 1.68. The number of amides is 1. The molecule has 122 valence electrons. The number of thioether (sulfide) groups is 1. The molecule has 2 rings (SSSR count). The van der Waals surface area contributed by atoms with Crippen molar-refractivity contribution in [3.05, 3.63) is 24.3 Å². The van der Waals surface area contributed by atoms with Crippen molar-refractivity contribution in [3.63, 3.8) is 0 Å². The van der Waals surface area contributed by atoms with Crippen molar-refractivity contribution in [2.24, 2.45) is 5.92 Å². The first-order chi connectivity index (χ1) is 10.6. The van der Waals surface area contributed by atoms with Crippen LogP contribution in [0.4, 0.5) is 5.69 Å². The van der Waals surface area contributed by atoms with Gasteiger partial charge in [0, 0.05) is 43.3 Å². The molecule has 1 aliphatic rings. The van der Waals surface area contributed by atoms with Gasteiger partial charge in [-0.05, 0) is 30.4 Å². The van der Waals surface area contributed by atoms with Gasteiger partial charge in [0.05, 0.1) is 6.54 Å². The predicted octanol–water partition coefficient (Wildman–Crippen LogP) is 2.62. The molecule has 0 aromatic heterocycles. The number of benzene rings is 1. The van der Waals surface area contributed by atoms with Gasteiger partial charge in [-0.2, -0.15) is 0 Å². The van der Waals surface area contributed by atoms with Gasteiger partial charge in [0.2, 0.25) is 5.91 Å². The number of piperazine rings is 1. The fraction of sp³-hybridized carbons (Fsp3) is 0.588. The average molecular weight is 321 g/mol. The molecule has 0 unspecified atom stereocenters. The summed E-state index contributed by atoms with van der Waals surface area (Å²) in [6.45, 7) is 10.2. The number of anilines is 1. The highest BCUT2D eigenvalue weighted by Gasteiger charge is 2.19. The summed E-state index contributed by atoms with van der Waals surface area (Å²) in [6.07, 6.45) is 2.04. The maximum absolute atomic E-state index is 12.2. The van der Waals surface area contributed by atoms with Gasteiger partial charge in [-0.25, -0.2) is 0 Å². The number of nitrogens with one attached hydrogen (secondary N) is 1. The Hall–Kier alpha value is -1.04. The van der Waals surface area contributed by atoms with E-state index in [9.17, 15) is 4.79 Å². The van der Waals surface area contributed by atoms with Gasteiger partial charge >= 0.3 is 0 Å². The van der Waals surface area contributed by atoms with Crippen molar-refractivity contribution in [3.8, 4) is 0 Å². The molecular formula is C17H27N3OS. The number of carbonyl (C=O) groups excluding carboxylic acids is 1. The average Bonchev–Trinajstić information content (AvgIpc) is 2.49. The number of nitrogens with zero attached hydrogens (tertiary/aromatic N) is 2. The molecule has 0 spiro atoms. The van der Waals surface area contributed by atoms with Crippen molar-refractivity contribution in [1.82, 2.24) is 9.80 Å². The molecule has 1 heterocycles. The summed E-state index contributed by atoms with van der Waals surface area (Å²) in [5, 5.41) is 3.00. The van der Waals surface area contributed by atoms with Crippen LogP contribution >= 0.6 is 11.8 Å². The van der Waals surface area contributed by atoms with Crippen molar-refractivity contribution in [2.45, 2.75) is 18.7 Å². The van der Waals surface area contributed by atoms with Crippen LogP contribution in [0.2, 0.25) is 0 Å². The summed E-state index contributed by atoms with van der Waals surface area (Å²) in [7, 11) is 0. The van der Waals surface area contributed by atoms with E-state index in [0.717, 1.165) is 38.4 Å². The van der Waals surface area contributed by atoms with E-state index < -0.39 is 0 Å². The van der Waals surface area contributed by atoms with Gasteiger partial charge in [0.1, 0.15) is 0 Å². The molecule has 1 aromatic rings. The van der Waals surface area contributed by atoms with Gasteiger partial charge in [-0.1, -0.05) is 19.9 Å². The molecule has 1 saturated heterocycles. The first kappa shape index (κ1) is 17.3. The zero-order valence-electron chi connectivity index (χ0n) is 13.8. The second-order valence-corrected chi connectivity index (χ2v) is 7.13. The predicted molar refractivity (Wildman–Crippen MR) is 94.6 cm³/mol. The molecule has 0 bridgehead atoms. The van der Waals surface area contributed by atoms with E-state index in [1.165, 1.54) is 4.90 Å². The number of hydrogen-bond acceptors (Lipinski definition) is 4. The minimum atomic E-state index is 0.0792. The van der Waals surface area contributed by atoms with Gasteiger partial charge in [0.25, 0.3) is 0 Å². The lowest BCUT2D eigenvalue weighted by molar-refractivity contribution is -0.117. The van der Waals surface area contributed by atoms with E-state index in [4.69, 9.17) is 0 Å². The zero-order valence-corrected chi connectivity index (χ0v) is 14.7. The number of hydrogen-bond donors (Lipinski definition) is 1. The first-order valence-corrected chi connectivity index (χ1v) is 9.18. The first-order valence-electron chi connectivity index (χ1n) is 7.95. The molecule has 0 radical (unpaired) electrons. The van der Waals surface area contributed by atoms with Gasteiger partial charge in [-0.3, -0.25) is 9.69 Å². The third-order valence-electron chi connectivity index (χ3n) is 3.81. The molecule has 0 atom stereocenters. The van der Waals surface area contributed by atoms with Crippen molar-refractivity contribution < 1.29 is 4.79 Å². The highest BCUT2D eigenvalue weighted by Crippen LogP contribution is 2.18. The van der Waals surface area contributed by atoms with Crippen LogP contribution in [0.25, 0.3) is 0 Å². The standard InChI is InChI=1S/C17H27N3OS/c1-14(2)12-19-7-9-20(10-8-19)13-17(21)18-15-5-4-6-16(11-15)22-3/h4-6,11,14H,7-10,12-13H2,1-3H3,(H,18,21). The van der Waals surface area contributed by atoms with Gasteiger partial charge < -0.3 is 10.2 Å². The maximum Gasteiger partial charge on any atom is 0.238 e. The summed E-state index contributed by atoms with van der Waals surface area (Å²) in [4.78, 5) is 18.1. The van der Waals surface area contributed by atoms with E-state index in [1.807, 2.05) is 30.5 Å². The molecule has 0 saturated carbocycles. The van der Waals surface area contributed by atoms with Crippen LogP contribution in [-0.4, -0.2) is 61.2 Å². The summed E-state index contributed by atoms with van der Waals surface area (Å²) in [5.41, 5.74) is 0.885. The van der Waals surface area contributed by atoms with Crippen molar-refractivity contribution >= 4 is 23.4 Å². The molecule has 1 fully saturated rings. The lowest BCUT2D eigenvalue weighted by Gasteiger charge is -2.35. The summed E-state index contributed by atoms with van der Waals surface area (Å²) in [6, 6.07) is 7.99. The van der Waals surface area contributed by atoms with Crippen LogP contribution in [0.5, 0.6) is 0 Å². The zero-order chi connectivity index (χ0) is 15.9. The fourth-order valence-electron chi connectivity index (χ4n) is 2.75. The highest BCUT2D eigenvalue weighted by molar-refractivity contribution is 7.98. The monoisotopic (exact) mass is 321 g/mol. The Morgan fingerprint density at radius 3 is 2.55 bits per heavy atom. The lowest BCUT2D eigenvalue weighted by Crippen LogP contribution is -2.49. The van der Waals surface area contributed by atoms with Crippen LogP contribution in [0.15, 0.2) is 29.2 Å². The minimum absolute atomic E-state index is 0.0792. The van der Waals surface area contributed by atoms with Gasteiger partial charge in [-0.15, -0.1) is 11.8 Å². The van der Waals surface area contributed by atoms with Crippen LogP contribution in [-0.2, 0) is 4.79 Å². The SMILES string of the molecule is CSc1cccc(NC(=O)CN2CCN(CC(C)C)CC2)c1. The van der Waals surface area contributed by atoms with Crippen molar-refractivity contribution in [1.29, 1.82) is 0 Å². The Kier molecular flexibility index (Phi) is 6.73. The van der Waals surface area contributed by atoms with E-state index in [0.29, 0.717) is 12.5 Å². The van der Waals surface area contributed by atoms with Crippen LogP contribution in [0.3, 0.4) is 0 Å². The molecule has 22 heavy (non-hydrogen) atoms. The Morgan fingerprint density at radius 2 is 1.91 bits per heavy atom. The maximum atomic E-state index is 12.2. The quantitative estimate of drug-likeness (QED) is 0.817. The Morgan fingerprint density at radius 1 is 1.23 bits per heavy atom. The van der Waals surface area contributed by atoms with E-state index in [-0.39, 0.29) is 5.91 Å². The molecule has 1 aromatic carbocycles. The molecule has 4 nitrogen and oxygen atoms in total. The molecule has 5 heteroatoms. The molecule has 1 amide bonds. The Bertz CT molecular complexity index is 485. The van der Waals surface area contributed by atoms with Gasteiger partial charge in [0.15, 0.2) is 0 Å². The third kappa shape index (κ3) is 5.63. The van der Waals surface area contributed by atoms with Crippen LogP contribution in [0, 0.1) is 5.92 Å². The Labute approximate surface area is 138 Å². The normalized spacial score (nSPS) is 16.9. The smallest absolute Gasteiger partial charge is 0.238 e.